The Morgan fingerprint density at radius 3 is 1.02 bits per heavy atom. The number of carbonyl (C=O) groups is 2. The molecule has 0 fully saturated rings. The molecule has 3 aromatic carbocycles. The zero-order valence-electron chi connectivity index (χ0n) is 40.6. The Labute approximate surface area is 390 Å². The van der Waals surface area contributed by atoms with Crippen LogP contribution in [0, 0.1) is 0 Å². The van der Waals surface area contributed by atoms with Crippen LogP contribution >= 0.6 is 0 Å². The number of unbranched alkanes of at least 4 members (excludes halogenated alkanes) is 30. The average Bonchev–Trinajstić information content (AvgIpc) is 3.31. The Bertz CT molecular complexity index is 1610. The third kappa shape index (κ3) is 26.0. The van der Waals surface area contributed by atoms with E-state index in [1.54, 1.807) is 42.5 Å². The van der Waals surface area contributed by atoms with Crippen molar-refractivity contribution >= 4 is 18.0 Å². The van der Waals surface area contributed by atoms with Crippen molar-refractivity contribution in [3.05, 3.63) is 90.0 Å². The topological polar surface area (TPSA) is 71.1 Å². The van der Waals surface area contributed by atoms with Gasteiger partial charge in [0.05, 0.1) is 24.3 Å². The van der Waals surface area contributed by atoms with E-state index in [-0.39, 0.29) is 0 Å². The van der Waals surface area contributed by atoms with E-state index in [4.69, 9.17) is 18.9 Å². The van der Waals surface area contributed by atoms with Gasteiger partial charge in [0, 0.05) is 0 Å². The van der Waals surface area contributed by atoms with E-state index >= 15 is 0 Å². The minimum atomic E-state index is -0.535. The molecule has 0 saturated carbocycles. The monoisotopic (exact) mass is 881 g/mol. The van der Waals surface area contributed by atoms with Gasteiger partial charge >= 0.3 is 11.9 Å². The van der Waals surface area contributed by atoms with Gasteiger partial charge in [-0.1, -0.05) is 219 Å². The lowest BCUT2D eigenvalue weighted by Crippen LogP contribution is -2.13. The lowest BCUT2D eigenvalue weighted by molar-refractivity contribution is 0.0720. The molecule has 0 heterocycles. The third-order valence-corrected chi connectivity index (χ3v) is 12.3. The fourth-order valence-corrected chi connectivity index (χ4v) is 8.26. The summed E-state index contributed by atoms with van der Waals surface area (Å²) < 4.78 is 23.2. The normalized spacial score (nSPS) is 11.1. The second-order valence-corrected chi connectivity index (χ2v) is 18.0. The summed E-state index contributed by atoms with van der Waals surface area (Å²) in [6.07, 6.45) is 44.6. The van der Waals surface area contributed by atoms with Gasteiger partial charge in [0.1, 0.15) is 23.0 Å². The Hall–Kier alpha value is -4.06. The van der Waals surface area contributed by atoms with Gasteiger partial charge in [0.25, 0.3) is 0 Å². The predicted molar refractivity (Wildman–Crippen MR) is 269 cm³/mol. The van der Waals surface area contributed by atoms with E-state index in [9.17, 15) is 9.59 Å². The van der Waals surface area contributed by atoms with Gasteiger partial charge in [-0.15, -0.1) is 0 Å². The molecule has 0 aliphatic heterocycles. The molecule has 0 aliphatic rings. The summed E-state index contributed by atoms with van der Waals surface area (Å²) in [5.74, 6) is 1.27. The molecule has 6 heteroatoms. The first kappa shape index (κ1) is 54.3. The number of carbonyl (C=O) groups excluding carboxylic acids is 2. The van der Waals surface area contributed by atoms with Crippen LogP contribution in [-0.4, -0.2) is 25.2 Å². The first-order valence-electron chi connectivity index (χ1n) is 26.2. The SMILES string of the molecule is C=Cc1cc(C(=O)Oc2ccc(OCCCCCCCCCCCCCCCCCC)cc2)ccc1C(=O)Oc1ccc(OCCCCCCCCCCCCCCCCCC)cc1. The molecule has 0 bridgehead atoms. The van der Waals surface area contributed by atoms with Crippen LogP contribution in [0.15, 0.2) is 73.3 Å². The van der Waals surface area contributed by atoms with Crippen LogP contribution in [0.5, 0.6) is 23.0 Å². The lowest BCUT2D eigenvalue weighted by atomic mass is 10.0. The van der Waals surface area contributed by atoms with Gasteiger partial charge in [-0.25, -0.2) is 9.59 Å². The zero-order chi connectivity index (χ0) is 45.6. The maximum absolute atomic E-state index is 13.1. The number of esters is 2. The van der Waals surface area contributed by atoms with Crippen LogP contribution in [0.3, 0.4) is 0 Å². The van der Waals surface area contributed by atoms with Gasteiger partial charge in [-0.3, -0.25) is 0 Å². The fraction of sp³-hybridized carbons (Fsp3) is 0.621. The van der Waals surface area contributed by atoms with Crippen molar-refractivity contribution < 1.29 is 28.5 Å². The van der Waals surface area contributed by atoms with Crippen LogP contribution in [0.2, 0.25) is 0 Å². The second-order valence-electron chi connectivity index (χ2n) is 18.0. The third-order valence-electron chi connectivity index (χ3n) is 12.3. The molecule has 0 aromatic heterocycles. The highest BCUT2D eigenvalue weighted by atomic mass is 16.5. The number of benzene rings is 3. The molecular formula is C58H88O6. The highest BCUT2D eigenvalue weighted by Gasteiger charge is 2.17. The number of hydrogen-bond acceptors (Lipinski definition) is 6. The second kappa shape index (κ2) is 37.2. The Kier molecular flexibility index (Phi) is 31.5. The highest BCUT2D eigenvalue weighted by molar-refractivity contribution is 5.98. The Morgan fingerprint density at radius 2 is 0.688 bits per heavy atom. The largest absolute Gasteiger partial charge is 0.494 e. The molecule has 64 heavy (non-hydrogen) atoms. The van der Waals surface area contributed by atoms with Crippen molar-refractivity contribution in [1.29, 1.82) is 0 Å². The first-order chi connectivity index (χ1) is 31.5. The smallest absolute Gasteiger partial charge is 0.344 e. The molecule has 356 valence electrons. The summed E-state index contributed by atoms with van der Waals surface area (Å²) in [4.78, 5) is 26.2. The molecule has 0 spiro atoms. The summed E-state index contributed by atoms with van der Waals surface area (Å²) in [5, 5.41) is 0. The summed E-state index contributed by atoms with van der Waals surface area (Å²) in [6.45, 7) is 9.77. The van der Waals surface area contributed by atoms with E-state index in [0.29, 0.717) is 41.4 Å². The van der Waals surface area contributed by atoms with Crippen LogP contribution < -0.4 is 18.9 Å². The predicted octanol–water partition coefficient (Wildman–Crippen LogP) is 18.0. The highest BCUT2D eigenvalue weighted by Crippen LogP contribution is 2.24. The summed E-state index contributed by atoms with van der Waals surface area (Å²) in [6, 6.07) is 19.0. The van der Waals surface area contributed by atoms with Gasteiger partial charge in [-0.05, 0) is 85.1 Å². The van der Waals surface area contributed by atoms with E-state index in [1.165, 1.54) is 199 Å². The molecule has 0 amide bonds. The van der Waals surface area contributed by atoms with Crippen LogP contribution in [-0.2, 0) is 0 Å². The molecule has 0 atom stereocenters. The van der Waals surface area contributed by atoms with Gasteiger partial charge in [-0.2, -0.15) is 0 Å². The summed E-state index contributed by atoms with van der Waals surface area (Å²) >= 11 is 0. The fourth-order valence-electron chi connectivity index (χ4n) is 8.26. The maximum atomic E-state index is 13.1. The standard InChI is InChI=1S/C58H88O6/c1-4-7-9-11-13-15-17-19-21-23-25-27-29-31-33-35-47-61-52-38-42-54(43-39-52)63-57(59)51-37-46-56(50(6-3)49-51)58(60)64-55-44-40-53(41-45-55)62-48-36-34-32-30-28-26-24-22-20-18-16-14-12-10-8-5-2/h6,37-46,49H,3-5,7-36,47-48H2,1-2H3. The van der Waals surface area contributed by atoms with Crippen LogP contribution in [0.25, 0.3) is 6.08 Å². The van der Waals surface area contributed by atoms with Crippen molar-refractivity contribution in [2.75, 3.05) is 13.2 Å². The van der Waals surface area contributed by atoms with Crippen molar-refractivity contribution in [1.82, 2.24) is 0 Å². The molecule has 3 rings (SSSR count). The number of rotatable bonds is 41. The van der Waals surface area contributed by atoms with Crippen molar-refractivity contribution in [3.63, 3.8) is 0 Å². The van der Waals surface area contributed by atoms with Crippen molar-refractivity contribution in [2.45, 2.75) is 219 Å². The Balaban J connectivity index is 1.22. The van der Waals surface area contributed by atoms with Crippen molar-refractivity contribution in [3.8, 4) is 23.0 Å². The summed E-state index contributed by atoms with van der Waals surface area (Å²) in [5.41, 5.74) is 1.10. The van der Waals surface area contributed by atoms with Crippen molar-refractivity contribution in [2.24, 2.45) is 0 Å². The van der Waals surface area contributed by atoms with Crippen LogP contribution in [0.1, 0.15) is 246 Å². The quantitative estimate of drug-likeness (QED) is 0.0321. The molecule has 0 unspecified atom stereocenters. The van der Waals surface area contributed by atoms with Gasteiger partial charge in [0.15, 0.2) is 0 Å². The molecule has 3 aromatic rings. The molecule has 0 aliphatic carbocycles. The summed E-state index contributed by atoms with van der Waals surface area (Å²) in [7, 11) is 0. The van der Waals surface area contributed by atoms with Gasteiger partial charge < -0.3 is 18.9 Å². The molecule has 0 N–H and O–H groups in total. The average molecular weight is 881 g/mol. The number of ether oxygens (including phenoxy) is 4. The maximum Gasteiger partial charge on any atom is 0.344 e. The zero-order valence-corrected chi connectivity index (χ0v) is 40.6. The first-order valence-corrected chi connectivity index (χ1v) is 26.2. The van der Waals surface area contributed by atoms with E-state index in [0.717, 1.165) is 24.3 Å². The van der Waals surface area contributed by atoms with E-state index in [2.05, 4.69) is 20.4 Å². The van der Waals surface area contributed by atoms with Gasteiger partial charge in [0.2, 0.25) is 0 Å². The molecular weight excluding hydrogens is 793 g/mol. The minimum Gasteiger partial charge on any atom is -0.494 e. The van der Waals surface area contributed by atoms with Crippen LogP contribution in [0.4, 0.5) is 0 Å². The Morgan fingerprint density at radius 1 is 0.391 bits per heavy atom. The number of hydrogen-bond donors (Lipinski definition) is 0. The molecule has 0 saturated heterocycles. The van der Waals surface area contributed by atoms with E-state index in [1.807, 2.05) is 24.3 Å². The molecule has 6 nitrogen and oxygen atoms in total. The minimum absolute atomic E-state index is 0.307. The van der Waals surface area contributed by atoms with E-state index < -0.39 is 11.9 Å². The molecule has 0 radical (unpaired) electrons. The lowest BCUT2D eigenvalue weighted by Gasteiger charge is -2.11.